The maximum absolute atomic E-state index is 12.1. The molecule has 1 aromatic rings. The van der Waals surface area contributed by atoms with Crippen LogP contribution < -0.4 is 0 Å². The second-order valence-electron chi connectivity index (χ2n) is 6.98. The standard InChI is InChI=1S/C17H24N2O4/c1-11-9-13(10-18-14(11)15(20)21)12-5-7-19(8-6-12)16(22)23-17(2,3)4/h9-10,12H,5-8H2,1-4H3,(H,20,21). The number of carbonyl (C=O) groups excluding carboxylic acids is 1. The number of nitrogens with zero attached hydrogens (tertiary/aromatic N) is 2. The highest BCUT2D eigenvalue weighted by Crippen LogP contribution is 2.29. The van der Waals surface area contributed by atoms with Crippen LogP contribution in [0.1, 0.15) is 61.1 Å². The number of ether oxygens (including phenoxy) is 1. The van der Waals surface area contributed by atoms with Crippen LogP contribution in [0.2, 0.25) is 0 Å². The van der Waals surface area contributed by atoms with Gasteiger partial charge in [-0.05, 0) is 57.6 Å². The maximum Gasteiger partial charge on any atom is 0.410 e. The smallest absolute Gasteiger partial charge is 0.410 e. The number of aryl methyl sites for hydroxylation is 1. The number of rotatable bonds is 2. The van der Waals surface area contributed by atoms with E-state index in [1.807, 2.05) is 26.8 Å². The summed E-state index contributed by atoms with van der Waals surface area (Å²) in [6.45, 7) is 8.61. The lowest BCUT2D eigenvalue weighted by atomic mass is 9.89. The largest absolute Gasteiger partial charge is 0.477 e. The zero-order valence-electron chi connectivity index (χ0n) is 14.1. The van der Waals surface area contributed by atoms with Crippen molar-refractivity contribution in [2.75, 3.05) is 13.1 Å². The minimum atomic E-state index is -1.01. The first-order valence-corrected chi connectivity index (χ1v) is 7.85. The number of carboxylic acids is 1. The average molecular weight is 320 g/mol. The van der Waals surface area contributed by atoms with E-state index in [9.17, 15) is 9.59 Å². The summed E-state index contributed by atoms with van der Waals surface area (Å²) in [6.07, 6.45) is 3.02. The molecule has 1 fully saturated rings. The number of carbonyl (C=O) groups is 2. The molecule has 0 aliphatic carbocycles. The van der Waals surface area contributed by atoms with E-state index in [2.05, 4.69) is 4.98 Å². The van der Waals surface area contributed by atoms with E-state index in [1.54, 1.807) is 18.0 Å². The number of amides is 1. The molecular formula is C17H24N2O4. The molecule has 1 saturated heterocycles. The minimum absolute atomic E-state index is 0.0972. The first kappa shape index (κ1) is 17.2. The van der Waals surface area contributed by atoms with Crippen molar-refractivity contribution in [3.63, 3.8) is 0 Å². The Bertz CT molecular complexity index is 599. The summed E-state index contributed by atoms with van der Waals surface area (Å²) < 4.78 is 5.39. The molecule has 1 amide bonds. The first-order chi connectivity index (χ1) is 10.7. The van der Waals surface area contributed by atoms with Gasteiger partial charge in [-0.15, -0.1) is 0 Å². The molecule has 2 heterocycles. The fourth-order valence-electron chi connectivity index (χ4n) is 2.77. The Morgan fingerprint density at radius 3 is 2.39 bits per heavy atom. The number of pyridine rings is 1. The highest BCUT2D eigenvalue weighted by atomic mass is 16.6. The topological polar surface area (TPSA) is 79.7 Å². The predicted octanol–water partition coefficient (Wildman–Crippen LogP) is 3.20. The van der Waals surface area contributed by atoms with Crippen molar-refractivity contribution in [1.29, 1.82) is 0 Å². The van der Waals surface area contributed by atoms with Gasteiger partial charge >= 0.3 is 12.1 Å². The Morgan fingerprint density at radius 1 is 1.30 bits per heavy atom. The van der Waals surface area contributed by atoms with E-state index in [-0.39, 0.29) is 11.8 Å². The van der Waals surface area contributed by atoms with E-state index in [0.717, 1.165) is 18.4 Å². The average Bonchev–Trinajstić information content (AvgIpc) is 2.45. The van der Waals surface area contributed by atoms with Crippen LogP contribution in [0.25, 0.3) is 0 Å². The summed E-state index contributed by atoms with van der Waals surface area (Å²) in [5, 5.41) is 9.03. The molecule has 1 N–H and O–H groups in total. The van der Waals surface area contributed by atoms with Gasteiger partial charge in [-0.3, -0.25) is 0 Å². The van der Waals surface area contributed by atoms with Crippen LogP contribution in [0, 0.1) is 6.92 Å². The molecule has 23 heavy (non-hydrogen) atoms. The first-order valence-electron chi connectivity index (χ1n) is 7.85. The molecule has 0 atom stereocenters. The Hall–Kier alpha value is -2.11. The molecule has 0 aromatic carbocycles. The Labute approximate surface area is 136 Å². The fraction of sp³-hybridized carbons (Fsp3) is 0.588. The van der Waals surface area contributed by atoms with Crippen LogP contribution in [0.4, 0.5) is 4.79 Å². The molecular weight excluding hydrogens is 296 g/mol. The third-order valence-corrected chi connectivity index (χ3v) is 3.92. The summed E-state index contributed by atoms with van der Waals surface area (Å²) in [5.74, 6) is -0.712. The summed E-state index contributed by atoms with van der Waals surface area (Å²) in [7, 11) is 0. The molecule has 0 saturated carbocycles. The highest BCUT2D eigenvalue weighted by molar-refractivity contribution is 5.86. The molecule has 0 radical (unpaired) electrons. The lowest BCUT2D eigenvalue weighted by molar-refractivity contribution is 0.0204. The van der Waals surface area contributed by atoms with Gasteiger partial charge in [-0.2, -0.15) is 0 Å². The number of hydrogen-bond donors (Lipinski definition) is 1. The van der Waals surface area contributed by atoms with Crippen LogP contribution in [-0.4, -0.2) is 45.7 Å². The quantitative estimate of drug-likeness (QED) is 0.905. The zero-order valence-corrected chi connectivity index (χ0v) is 14.1. The van der Waals surface area contributed by atoms with Gasteiger partial charge in [0.05, 0.1) is 0 Å². The van der Waals surface area contributed by atoms with Gasteiger partial charge in [0.25, 0.3) is 0 Å². The normalized spacial score (nSPS) is 16.3. The molecule has 1 aliphatic heterocycles. The van der Waals surface area contributed by atoms with Crippen LogP contribution in [-0.2, 0) is 4.74 Å². The van der Waals surface area contributed by atoms with Crippen LogP contribution in [0.5, 0.6) is 0 Å². The highest BCUT2D eigenvalue weighted by Gasteiger charge is 2.27. The minimum Gasteiger partial charge on any atom is -0.477 e. The lowest BCUT2D eigenvalue weighted by Crippen LogP contribution is -2.41. The number of aromatic carboxylic acids is 1. The van der Waals surface area contributed by atoms with Crippen molar-refractivity contribution in [2.24, 2.45) is 0 Å². The summed E-state index contributed by atoms with van der Waals surface area (Å²) in [4.78, 5) is 28.9. The number of aromatic nitrogens is 1. The summed E-state index contributed by atoms with van der Waals surface area (Å²) in [5.41, 5.74) is 1.32. The van der Waals surface area contributed by atoms with Crippen molar-refractivity contribution in [1.82, 2.24) is 9.88 Å². The number of hydrogen-bond acceptors (Lipinski definition) is 4. The molecule has 1 aromatic heterocycles. The molecule has 2 rings (SSSR count). The Kier molecular flexibility index (Phi) is 4.92. The number of likely N-dealkylation sites (tertiary alicyclic amines) is 1. The van der Waals surface area contributed by atoms with Gasteiger partial charge in [0.15, 0.2) is 5.69 Å². The molecule has 0 bridgehead atoms. The third kappa shape index (κ3) is 4.43. The second kappa shape index (κ2) is 6.56. The zero-order chi connectivity index (χ0) is 17.2. The van der Waals surface area contributed by atoms with Gasteiger partial charge in [0.1, 0.15) is 5.60 Å². The van der Waals surface area contributed by atoms with Crippen molar-refractivity contribution in [2.45, 2.75) is 52.1 Å². The van der Waals surface area contributed by atoms with E-state index >= 15 is 0 Å². The van der Waals surface area contributed by atoms with E-state index in [4.69, 9.17) is 9.84 Å². The van der Waals surface area contributed by atoms with Gasteiger partial charge in [-0.1, -0.05) is 6.07 Å². The summed E-state index contributed by atoms with van der Waals surface area (Å²) in [6, 6.07) is 1.89. The van der Waals surface area contributed by atoms with E-state index in [0.29, 0.717) is 24.6 Å². The summed E-state index contributed by atoms with van der Waals surface area (Å²) >= 11 is 0. The fourth-order valence-corrected chi connectivity index (χ4v) is 2.77. The van der Waals surface area contributed by atoms with Crippen LogP contribution >= 0.6 is 0 Å². The molecule has 6 heteroatoms. The van der Waals surface area contributed by atoms with E-state index < -0.39 is 11.6 Å². The van der Waals surface area contributed by atoms with Gasteiger partial charge in [0, 0.05) is 19.3 Å². The van der Waals surface area contributed by atoms with Crippen molar-refractivity contribution >= 4 is 12.1 Å². The van der Waals surface area contributed by atoms with E-state index in [1.165, 1.54) is 0 Å². The number of carboxylic acid groups (broad SMARTS) is 1. The molecule has 0 spiro atoms. The Balaban J connectivity index is 1.98. The van der Waals surface area contributed by atoms with Gasteiger partial charge in [0.2, 0.25) is 0 Å². The van der Waals surface area contributed by atoms with Gasteiger partial charge in [-0.25, -0.2) is 14.6 Å². The molecule has 6 nitrogen and oxygen atoms in total. The SMILES string of the molecule is Cc1cc(C2CCN(C(=O)OC(C)(C)C)CC2)cnc1C(=O)O. The van der Waals surface area contributed by atoms with Crippen molar-refractivity contribution in [3.05, 3.63) is 29.1 Å². The van der Waals surface area contributed by atoms with Crippen LogP contribution in [0.3, 0.4) is 0 Å². The maximum atomic E-state index is 12.1. The van der Waals surface area contributed by atoms with Crippen molar-refractivity contribution in [3.8, 4) is 0 Å². The van der Waals surface area contributed by atoms with Crippen molar-refractivity contribution < 1.29 is 19.4 Å². The monoisotopic (exact) mass is 320 g/mol. The van der Waals surface area contributed by atoms with Gasteiger partial charge < -0.3 is 14.7 Å². The Morgan fingerprint density at radius 2 is 1.91 bits per heavy atom. The lowest BCUT2D eigenvalue weighted by Gasteiger charge is -2.33. The third-order valence-electron chi connectivity index (χ3n) is 3.92. The molecule has 1 aliphatic rings. The second-order valence-corrected chi connectivity index (χ2v) is 6.98. The molecule has 126 valence electrons. The number of piperidine rings is 1. The van der Waals surface area contributed by atoms with Crippen LogP contribution in [0.15, 0.2) is 12.3 Å². The predicted molar refractivity (Wildman–Crippen MR) is 85.7 cm³/mol. The molecule has 0 unspecified atom stereocenters.